The van der Waals surface area contributed by atoms with Crippen LogP contribution in [0, 0.1) is 6.92 Å². The molecule has 0 spiro atoms. The average molecular weight is 379 g/mol. The zero-order valence-electron chi connectivity index (χ0n) is 12.4. The van der Waals surface area contributed by atoms with Gasteiger partial charge < -0.3 is 5.11 Å². The summed E-state index contributed by atoms with van der Waals surface area (Å²) in [6, 6.07) is 7.67. The molecule has 5 nitrogen and oxygen atoms in total. The van der Waals surface area contributed by atoms with Gasteiger partial charge in [-0.2, -0.15) is 0 Å². The lowest BCUT2D eigenvalue weighted by molar-refractivity contribution is -0.140. The Hall–Kier alpha value is -1.96. The fourth-order valence-corrected chi connectivity index (χ4v) is 3.73. The number of carboxylic acids is 1. The number of hydrogen-bond acceptors (Lipinski definition) is 5. The number of carboxylic acid groups (broad SMARTS) is 1. The molecule has 0 aliphatic carbocycles. The quantitative estimate of drug-likeness (QED) is 0.501. The third-order valence-electron chi connectivity index (χ3n) is 3.41. The molecule has 0 unspecified atom stereocenters. The van der Waals surface area contributed by atoms with E-state index < -0.39 is 18.4 Å². The van der Waals surface area contributed by atoms with E-state index in [9.17, 15) is 9.59 Å². The van der Waals surface area contributed by atoms with Crippen LogP contribution in [0.1, 0.15) is 11.1 Å². The van der Waals surface area contributed by atoms with Crippen LogP contribution in [0.4, 0.5) is 0 Å². The molecule has 0 bridgehead atoms. The molecule has 0 radical (unpaired) electrons. The highest BCUT2D eigenvalue weighted by molar-refractivity contribution is 8.26. The molecule has 1 N–H and O–H groups in total. The van der Waals surface area contributed by atoms with Gasteiger partial charge in [-0.05, 0) is 30.7 Å². The van der Waals surface area contributed by atoms with E-state index >= 15 is 0 Å². The molecule has 1 aliphatic heterocycles. The summed E-state index contributed by atoms with van der Waals surface area (Å²) in [5, 5.41) is 10.0. The minimum atomic E-state index is -1.12. The van der Waals surface area contributed by atoms with Gasteiger partial charge in [0.2, 0.25) is 0 Å². The number of thioether (sulfide) groups is 1. The molecule has 0 atom stereocenters. The number of pyridine rings is 1. The number of thiocarbonyl (C=S) groups is 1. The fraction of sp³-hybridized carbons (Fsp3) is 0.125. The lowest BCUT2D eigenvalue weighted by atomic mass is 10.1. The zero-order valence-corrected chi connectivity index (χ0v) is 14.8. The molecule has 1 aromatic heterocycles. The molecule has 1 aromatic carbocycles. The number of carbonyl (C=O) groups excluding carboxylic acids is 1. The van der Waals surface area contributed by atoms with Crippen LogP contribution in [-0.4, -0.2) is 37.7 Å². The first-order valence-electron chi connectivity index (χ1n) is 6.89. The molecular weight excluding hydrogens is 368 g/mol. The number of amides is 1. The molecule has 1 amide bonds. The molecule has 122 valence electrons. The number of rotatable bonds is 3. The van der Waals surface area contributed by atoms with Crippen LogP contribution in [0.2, 0.25) is 5.15 Å². The van der Waals surface area contributed by atoms with Crippen LogP contribution in [0.15, 0.2) is 29.2 Å². The van der Waals surface area contributed by atoms with Gasteiger partial charge in [0.05, 0.1) is 10.4 Å². The zero-order chi connectivity index (χ0) is 17.4. The third-order valence-corrected chi connectivity index (χ3v) is 5.09. The van der Waals surface area contributed by atoms with E-state index in [1.165, 1.54) is 0 Å². The van der Waals surface area contributed by atoms with Crippen molar-refractivity contribution in [1.29, 1.82) is 0 Å². The van der Waals surface area contributed by atoms with E-state index in [1.54, 1.807) is 6.08 Å². The van der Waals surface area contributed by atoms with Gasteiger partial charge in [-0.25, -0.2) is 4.98 Å². The first-order valence-corrected chi connectivity index (χ1v) is 8.49. The molecule has 24 heavy (non-hydrogen) atoms. The first-order chi connectivity index (χ1) is 11.3. The smallest absolute Gasteiger partial charge is 0.323 e. The van der Waals surface area contributed by atoms with Crippen molar-refractivity contribution in [3.8, 4) is 0 Å². The SMILES string of the molecule is Cc1ccc2cc(/C=C3\SC(=S)N(CC(=O)O)C3=O)c(Cl)nc2c1. The summed E-state index contributed by atoms with van der Waals surface area (Å²) in [6.45, 7) is 1.52. The normalized spacial score (nSPS) is 16.4. The maximum absolute atomic E-state index is 12.3. The molecule has 1 fully saturated rings. The molecule has 1 saturated heterocycles. The highest BCUT2D eigenvalue weighted by Crippen LogP contribution is 2.34. The predicted octanol–water partition coefficient (Wildman–Crippen LogP) is 3.48. The van der Waals surface area contributed by atoms with Gasteiger partial charge in [0.25, 0.3) is 5.91 Å². The van der Waals surface area contributed by atoms with Crippen molar-refractivity contribution >= 4 is 68.8 Å². The molecule has 0 saturated carbocycles. The van der Waals surface area contributed by atoms with Gasteiger partial charge in [-0.3, -0.25) is 14.5 Å². The van der Waals surface area contributed by atoms with Crippen molar-refractivity contribution < 1.29 is 14.7 Å². The van der Waals surface area contributed by atoms with Crippen molar-refractivity contribution in [1.82, 2.24) is 9.88 Å². The minimum Gasteiger partial charge on any atom is -0.480 e. The number of aryl methyl sites for hydroxylation is 1. The Balaban J connectivity index is 1.99. The Labute approximate surface area is 152 Å². The first kappa shape index (κ1) is 16.9. The van der Waals surface area contributed by atoms with E-state index in [0.717, 1.165) is 33.1 Å². The third kappa shape index (κ3) is 3.28. The van der Waals surface area contributed by atoms with Crippen LogP contribution >= 0.6 is 35.6 Å². The molecular formula is C16H11ClN2O3S2. The van der Waals surface area contributed by atoms with Crippen molar-refractivity contribution in [3.63, 3.8) is 0 Å². The Morgan fingerprint density at radius 3 is 2.92 bits per heavy atom. The second-order valence-corrected chi connectivity index (χ2v) is 7.26. The van der Waals surface area contributed by atoms with E-state index in [-0.39, 0.29) is 9.47 Å². The topological polar surface area (TPSA) is 70.5 Å². The van der Waals surface area contributed by atoms with Crippen molar-refractivity contribution in [3.05, 3.63) is 45.5 Å². The summed E-state index contributed by atoms with van der Waals surface area (Å²) >= 11 is 12.3. The number of carbonyl (C=O) groups is 2. The van der Waals surface area contributed by atoms with Crippen LogP contribution < -0.4 is 0 Å². The Morgan fingerprint density at radius 2 is 2.21 bits per heavy atom. The largest absolute Gasteiger partial charge is 0.480 e. The number of benzene rings is 1. The summed E-state index contributed by atoms with van der Waals surface area (Å²) in [5.74, 6) is -1.55. The van der Waals surface area contributed by atoms with Crippen LogP contribution in [0.3, 0.4) is 0 Å². The molecule has 2 aromatic rings. The molecule has 1 aliphatic rings. The van der Waals surface area contributed by atoms with E-state index in [2.05, 4.69) is 4.98 Å². The fourth-order valence-electron chi connectivity index (χ4n) is 2.28. The maximum atomic E-state index is 12.3. The van der Waals surface area contributed by atoms with Gasteiger partial charge in [0.1, 0.15) is 16.0 Å². The number of nitrogens with zero attached hydrogens (tertiary/aromatic N) is 2. The lowest BCUT2D eigenvalue weighted by Crippen LogP contribution is -2.33. The molecule has 3 rings (SSSR count). The van der Waals surface area contributed by atoms with Crippen LogP contribution in [0.25, 0.3) is 17.0 Å². The van der Waals surface area contributed by atoms with Gasteiger partial charge in [-0.1, -0.05) is 47.7 Å². The molecule has 2 heterocycles. The summed E-state index contributed by atoms with van der Waals surface area (Å²) in [6.07, 6.45) is 1.59. The summed E-state index contributed by atoms with van der Waals surface area (Å²) in [4.78, 5) is 28.9. The van der Waals surface area contributed by atoms with Gasteiger partial charge in [0.15, 0.2) is 0 Å². The highest BCUT2D eigenvalue weighted by Gasteiger charge is 2.33. The van der Waals surface area contributed by atoms with Gasteiger partial charge in [-0.15, -0.1) is 0 Å². The average Bonchev–Trinajstić information content (AvgIpc) is 2.75. The number of aliphatic carboxylic acids is 1. The number of fused-ring (bicyclic) bond motifs is 1. The Kier molecular flexibility index (Phi) is 4.58. The number of hydrogen-bond donors (Lipinski definition) is 1. The van der Waals surface area contributed by atoms with Crippen LogP contribution in [0.5, 0.6) is 0 Å². The monoisotopic (exact) mass is 378 g/mol. The van der Waals surface area contributed by atoms with Crippen molar-refractivity contribution in [2.45, 2.75) is 6.92 Å². The standard InChI is InChI=1S/C16H11ClN2O3S2/c1-8-2-3-9-5-10(14(17)18-11(9)4-8)6-12-15(22)19(7-13(20)21)16(23)24-12/h2-6H,7H2,1H3,(H,20,21)/b12-6-. The highest BCUT2D eigenvalue weighted by atomic mass is 35.5. The maximum Gasteiger partial charge on any atom is 0.323 e. The van der Waals surface area contributed by atoms with Gasteiger partial charge >= 0.3 is 5.97 Å². The van der Waals surface area contributed by atoms with Crippen molar-refractivity contribution in [2.75, 3.05) is 6.54 Å². The Bertz CT molecular complexity index is 927. The summed E-state index contributed by atoms with van der Waals surface area (Å²) in [5.41, 5.74) is 2.44. The summed E-state index contributed by atoms with van der Waals surface area (Å²) in [7, 11) is 0. The van der Waals surface area contributed by atoms with E-state index in [1.807, 2.05) is 31.2 Å². The summed E-state index contributed by atoms with van der Waals surface area (Å²) < 4.78 is 0.217. The molecule has 8 heteroatoms. The van der Waals surface area contributed by atoms with Crippen molar-refractivity contribution in [2.24, 2.45) is 0 Å². The van der Waals surface area contributed by atoms with Crippen LogP contribution in [-0.2, 0) is 9.59 Å². The van der Waals surface area contributed by atoms with E-state index in [0.29, 0.717) is 10.5 Å². The number of halogens is 1. The predicted molar refractivity (Wildman–Crippen MR) is 99.0 cm³/mol. The second-order valence-electron chi connectivity index (χ2n) is 5.23. The van der Waals surface area contributed by atoms with E-state index in [4.69, 9.17) is 28.9 Å². The minimum absolute atomic E-state index is 0.217. The lowest BCUT2D eigenvalue weighted by Gasteiger charge is -2.10. The Morgan fingerprint density at radius 1 is 1.46 bits per heavy atom. The second kappa shape index (κ2) is 6.51. The van der Waals surface area contributed by atoms with Gasteiger partial charge in [0, 0.05) is 10.9 Å². The number of aromatic nitrogens is 1.